The van der Waals surface area contributed by atoms with Gasteiger partial charge in [0.1, 0.15) is 5.75 Å². The van der Waals surface area contributed by atoms with Gasteiger partial charge in [0.25, 0.3) is 0 Å². The Labute approximate surface area is 180 Å². The molecule has 0 heterocycles. The van der Waals surface area contributed by atoms with Gasteiger partial charge in [-0.15, -0.1) is 0 Å². The van der Waals surface area contributed by atoms with Crippen molar-refractivity contribution < 1.29 is 13.2 Å². The summed E-state index contributed by atoms with van der Waals surface area (Å²) in [6.45, 7) is 6.24. The standard InChI is InChI=1S/C22H32N4O3S/c1-5-24-22(25-15-14-17(2)19-8-10-20(29-4)11-9-19)26-16-18-6-12-21(13-7-18)30(27,28)23-3/h6-13,17,23H,5,14-16H2,1-4H3,(H2,24,25,26). The normalized spacial score (nSPS) is 13.0. The lowest BCUT2D eigenvalue weighted by atomic mass is 9.98. The van der Waals surface area contributed by atoms with Gasteiger partial charge in [-0.1, -0.05) is 31.2 Å². The molecule has 0 aliphatic rings. The first-order valence-corrected chi connectivity index (χ1v) is 11.6. The van der Waals surface area contributed by atoms with Crippen molar-refractivity contribution in [2.45, 2.75) is 37.6 Å². The van der Waals surface area contributed by atoms with E-state index in [4.69, 9.17) is 4.74 Å². The van der Waals surface area contributed by atoms with Crippen LogP contribution in [0.3, 0.4) is 0 Å². The summed E-state index contributed by atoms with van der Waals surface area (Å²) in [7, 11) is -0.350. The van der Waals surface area contributed by atoms with Gasteiger partial charge in [-0.05, 0) is 61.7 Å². The van der Waals surface area contributed by atoms with Crippen LogP contribution in [0.5, 0.6) is 5.75 Å². The van der Waals surface area contributed by atoms with Gasteiger partial charge in [-0.25, -0.2) is 18.1 Å². The van der Waals surface area contributed by atoms with Crippen LogP contribution in [0, 0.1) is 0 Å². The van der Waals surface area contributed by atoms with Crippen LogP contribution >= 0.6 is 0 Å². The molecule has 2 aromatic carbocycles. The van der Waals surface area contributed by atoms with Crippen molar-refractivity contribution in [3.63, 3.8) is 0 Å². The van der Waals surface area contributed by atoms with Gasteiger partial charge in [-0.2, -0.15) is 0 Å². The zero-order valence-corrected chi connectivity index (χ0v) is 18.9. The van der Waals surface area contributed by atoms with Gasteiger partial charge in [0, 0.05) is 13.1 Å². The van der Waals surface area contributed by atoms with Crippen LogP contribution in [0.15, 0.2) is 58.4 Å². The Kier molecular flexibility index (Phi) is 9.14. The third-order valence-electron chi connectivity index (χ3n) is 4.82. The second-order valence-electron chi connectivity index (χ2n) is 6.94. The number of benzene rings is 2. The van der Waals surface area contributed by atoms with E-state index in [0.717, 1.165) is 36.8 Å². The Balaban J connectivity index is 1.90. The zero-order valence-electron chi connectivity index (χ0n) is 18.1. The van der Waals surface area contributed by atoms with Crippen molar-refractivity contribution in [3.05, 3.63) is 59.7 Å². The molecule has 0 fully saturated rings. The second kappa shape index (κ2) is 11.6. The summed E-state index contributed by atoms with van der Waals surface area (Å²) in [6, 6.07) is 14.9. The number of nitrogens with one attached hydrogen (secondary N) is 3. The largest absolute Gasteiger partial charge is 0.497 e. The number of rotatable bonds is 10. The lowest BCUT2D eigenvalue weighted by Crippen LogP contribution is -2.38. The molecule has 0 amide bonds. The molecule has 1 atom stereocenters. The van der Waals surface area contributed by atoms with Crippen LogP contribution in [-0.4, -0.2) is 41.6 Å². The SMILES string of the molecule is CCNC(=NCc1ccc(S(=O)(=O)NC)cc1)NCCC(C)c1ccc(OC)cc1. The van der Waals surface area contributed by atoms with Crippen LogP contribution in [0.2, 0.25) is 0 Å². The highest BCUT2D eigenvalue weighted by molar-refractivity contribution is 7.89. The number of aliphatic imine (C=N–C) groups is 1. The highest BCUT2D eigenvalue weighted by Gasteiger charge is 2.10. The molecule has 3 N–H and O–H groups in total. The number of hydrogen-bond donors (Lipinski definition) is 3. The number of guanidine groups is 1. The maximum absolute atomic E-state index is 11.8. The Morgan fingerprint density at radius 2 is 1.73 bits per heavy atom. The van der Waals surface area contributed by atoms with E-state index in [2.05, 4.69) is 39.4 Å². The van der Waals surface area contributed by atoms with E-state index in [1.54, 1.807) is 31.4 Å². The lowest BCUT2D eigenvalue weighted by Gasteiger charge is -2.15. The molecule has 2 aromatic rings. The first-order chi connectivity index (χ1) is 14.4. The molecule has 0 saturated carbocycles. The third-order valence-corrected chi connectivity index (χ3v) is 6.25. The van der Waals surface area contributed by atoms with Gasteiger partial charge < -0.3 is 15.4 Å². The zero-order chi connectivity index (χ0) is 22.0. The maximum atomic E-state index is 11.8. The molecule has 8 heteroatoms. The van der Waals surface area contributed by atoms with Gasteiger partial charge in [-0.3, -0.25) is 0 Å². The van der Waals surface area contributed by atoms with Crippen molar-refractivity contribution in [2.24, 2.45) is 4.99 Å². The highest BCUT2D eigenvalue weighted by atomic mass is 32.2. The third kappa shape index (κ3) is 7.03. The maximum Gasteiger partial charge on any atom is 0.240 e. The smallest absolute Gasteiger partial charge is 0.240 e. The molecule has 30 heavy (non-hydrogen) atoms. The summed E-state index contributed by atoms with van der Waals surface area (Å²) in [4.78, 5) is 4.85. The second-order valence-corrected chi connectivity index (χ2v) is 8.82. The van der Waals surface area contributed by atoms with Crippen LogP contribution in [-0.2, 0) is 16.6 Å². The predicted molar refractivity (Wildman–Crippen MR) is 122 cm³/mol. The van der Waals surface area contributed by atoms with Crippen molar-refractivity contribution in [3.8, 4) is 5.75 Å². The monoisotopic (exact) mass is 432 g/mol. The van der Waals surface area contributed by atoms with Crippen molar-refractivity contribution >= 4 is 16.0 Å². The first kappa shape index (κ1) is 23.7. The molecule has 0 radical (unpaired) electrons. The summed E-state index contributed by atoms with van der Waals surface area (Å²) in [5.41, 5.74) is 2.21. The molecule has 164 valence electrons. The van der Waals surface area contributed by atoms with Crippen molar-refractivity contribution in [1.82, 2.24) is 15.4 Å². The van der Waals surface area contributed by atoms with Gasteiger partial charge in [0.15, 0.2) is 5.96 Å². The molecular formula is C22H32N4O3S. The number of hydrogen-bond acceptors (Lipinski definition) is 4. The topological polar surface area (TPSA) is 91.8 Å². The van der Waals surface area contributed by atoms with Crippen LogP contribution in [0.4, 0.5) is 0 Å². The minimum atomic E-state index is -3.42. The minimum Gasteiger partial charge on any atom is -0.497 e. The molecule has 0 aromatic heterocycles. The summed E-state index contributed by atoms with van der Waals surface area (Å²) < 4.78 is 31.1. The summed E-state index contributed by atoms with van der Waals surface area (Å²) in [6.07, 6.45) is 0.966. The van der Waals surface area contributed by atoms with E-state index in [0.29, 0.717) is 12.5 Å². The van der Waals surface area contributed by atoms with E-state index >= 15 is 0 Å². The van der Waals surface area contributed by atoms with Crippen LogP contribution in [0.1, 0.15) is 37.3 Å². The van der Waals surface area contributed by atoms with Crippen molar-refractivity contribution in [2.75, 3.05) is 27.2 Å². The Morgan fingerprint density at radius 1 is 1.07 bits per heavy atom. The number of nitrogens with zero attached hydrogens (tertiary/aromatic N) is 1. The Bertz CT molecular complexity index is 910. The van der Waals surface area contributed by atoms with E-state index in [1.807, 2.05) is 19.1 Å². The van der Waals surface area contributed by atoms with Gasteiger partial charge >= 0.3 is 0 Å². The highest BCUT2D eigenvalue weighted by Crippen LogP contribution is 2.21. The van der Waals surface area contributed by atoms with E-state index in [9.17, 15) is 8.42 Å². The Morgan fingerprint density at radius 3 is 2.30 bits per heavy atom. The molecule has 0 bridgehead atoms. The van der Waals surface area contributed by atoms with Gasteiger partial charge in [0.2, 0.25) is 10.0 Å². The summed E-state index contributed by atoms with van der Waals surface area (Å²) >= 11 is 0. The number of ether oxygens (including phenoxy) is 1. The average Bonchev–Trinajstić information content (AvgIpc) is 2.77. The van der Waals surface area contributed by atoms with Crippen molar-refractivity contribution in [1.29, 1.82) is 0 Å². The fourth-order valence-corrected chi connectivity index (χ4v) is 3.64. The Hall–Kier alpha value is -2.58. The van der Waals surface area contributed by atoms with Crippen LogP contribution in [0.25, 0.3) is 0 Å². The fourth-order valence-electron chi connectivity index (χ4n) is 2.91. The average molecular weight is 433 g/mol. The molecule has 0 aliphatic heterocycles. The quantitative estimate of drug-likeness (QED) is 0.397. The fraction of sp³-hybridized carbons (Fsp3) is 0.409. The van der Waals surface area contributed by atoms with Crippen LogP contribution < -0.4 is 20.1 Å². The lowest BCUT2D eigenvalue weighted by molar-refractivity contribution is 0.414. The first-order valence-electron chi connectivity index (χ1n) is 10.1. The molecule has 2 rings (SSSR count). The summed E-state index contributed by atoms with van der Waals surface area (Å²) in [5.74, 6) is 2.02. The van der Waals surface area contributed by atoms with Gasteiger partial charge in [0.05, 0.1) is 18.6 Å². The molecule has 0 spiro atoms. The molecule has 1 unspecified atom stereocenters. The minimum absolute atomic E-state index is 0.246. The molecular weight excluding hydrogens is 400 g/mol. The molecule has 7 nitrogen and oxygen atoms in total. The van der Waals surface area contributed by atoms with E-state index < -0.39 is 10.0 Å². The predicted octanol–water partition coefficient (Wildman–Crippen LogP) is 2.85. The van der Waals surface area contributed by atoms with E-state index in [-0.39, 0.29) is 4.90 Å². The van der Waals surface area contributed by atoms with E-state index in [1.165, 1.54) is 12.6 Å². The summed E-state index contributed by atoms with van der Waals surface area (Å²) in [5, 5.41) is 6.61. The number of methoxy groups -OCH3 is 1. The molecule has 0 saturated heterocycles. The molecule has 0 aliphatic carbocycles. The number of sulfonamides is 1.